The molecule has 1 saturated heterocycles. The van der Waals surface area contributed by atoms with E-state index in [9.17, 15) is 9.59 Å². The summed E-state index contributed by atoms with van der Waals surface area (Å²) in [5.41, 5.74) is 0.971. The van der Waals surface area contributed by atoms with E-state index in [1.807, 2.05) is 18.2 Å². The van der Waals surface area contributed by atoms with Crippen LogP contribution in [0, 0.1) is 5.92 Å². The Balaban J connectivity index is 1.52. The molecule has 2 aliphatic rings. The average Bonchev–Trinajstić information content (AvgIpc) is 2.98. The van der Waals surface area contributed by atoms with Gasteiger partial charge in [0, 0.05) is 13.1 Å². The van der Waals surface area contributed by atoms with Crippen molar-refractivity contribution in [1.29, 1.82) is 0 Å². The fourth-order valence-electron chi connectivity index (χ4n) is 2.81. The van der Waals surface area contributed by atoms with Crippen LogP contribution in [0.25, 0.3) is 0 Å². The molecule has 7 heteroatoms. The number of carbonyl (C=O) groups is 2. The number of hydrogen-bond donors (Lipinski definition) is 1. The van der Waals surface area contributed by atoms with Gasteiger partial charge in [-0.15, -0.1) is 0 Å². The highest BCUT2D eigenvalue weighted by molar-refractivity contribution is 5.79. The maximum Gasteiger partial charge on any atom is 0.409 e. The number of nitrogens with zero attached hydrogens (tertiary/aromatic N) is 1. The second-order valence-corrected chi connectivity index (χ2v) is 5.55. The maximum atomic E-state index is 12.3. The molecule has 1 atom stereocenters. The molecule has 23 heavy (non-hydrogen) atoms. The van der Waals surface area contributed by atoms with Crippen molar-refractivity contribution in [3.8, 4) is 11.5 Å². The Hall–Kier alpha value is -2.44. The summed E-state index contributed by atoms with van der Waals surface area (Å²) in [6.07, 6.45) is 0.297. The lowest BCUT2D eigenvalue weighted by atomic mass is 9.95. The van der Waals surface area contributed by atoms with Gasteiger partial charge in [-0.05, 0) is 18.1 Å². The Morgan fingerprint density at radius 1 is 1.43 bits per heavy atom. The van der Waals surface area contributed by atoms with Crippen LogP contribution in [0.15, 0.2) is 18.2 Å². The standard InChI is InChI=1S/C16H20N2O5/c1-21-13-4-2-3-11-9-12(10-23-14(11)13)15(19)17-5-6-18-7-8-22-16(18)20/h2-4,12H,5-10H2,1H3,(H,17,19). The molecule has 1 fully saturated rings. The van der Waals surface area contributed by atoms with Crippen molar-refractivity contribution in [3.05, 3.63) is 23.8 Å². The van der Waals surface area contributed by atoms with Crippen molar-refractivity contribution in [2.75, 3.05) is 40.0 Å². The van der Waals surface area contributed by atoms with E-state index in [2.05, 4.69) is 5.32 Å². The van der Waals surface area contributed by atoms with E-state index in [-0.39, 0.29) is 17.9 Å². The van der Waals surface area contributed by atoms with E-state index < -0.39 is 0 Å². The lowest BCUT2D eigenvalue weighted by Crippen LogP contribution is -2.41. The molecule has 0 saturated carbocycles. The first-order chi connectivity index (χ1) is 11.2. The topological polar surface area (TPSA) is 77.1 Å². The zero-order valence-electron chi connectivity index (χ0n) is 13.0. The zero-order chi connectivity index (χ0) is 16.2. The SMILES string of the molecule is COc1cccc2c1OCC(C(=O)NCCN1CCOC1=O)C2. The van der Waals surface area contributed by atoms with Crippen molar-refractivity contribution in [3.63, 3.8) is 0 Å². The minimum Gasteiger partial charge on any atom is -0.493 e. The summed E-state index contributed by atoms with van der Waals surface area (Å²) in [7, 11) is 1.60. The fourth-order valence-corrected chi connectivity index (χ4v) is 2.81. The van der Waals surface area contributed by atoms with Crippen LogP contribution in [-0.4, -0.2) is 56.9 Å². The quantitative estimate of drug-likeness (QED) is 0.869. The van der Waals surface area contributed by atoms with E-state index in [0.717, 1.165) is 11.3 Å². The second kappa shape index (κ2) is 6.76. The molecule has 2 aliphatic heterocycles. The van der Waals surface area contributed by atoms with E-state index in [1.165, 1.54) is 0 Å². The lowest BCUT2D eigenvalue weighted by molar-refractivity contribution is -0.126. The number of carbonyl (C=O) groups excluding carboxylic acids is 2. The summed E-state index contributed by atoms with van der Waals surface area (Å²) >= 11 is 0. The number of fused-ring (bicyclic) bond motifs is 1. The normalized spacial score (nSPS) is 19.6. The van der Waals surface area contributed by atoms with Crippen molar-refractivity contribution in [2.45, 2.75) is 6.42 Å². The van der Waals surface area contributed by atoms with Crippen LogP contribution in [0.1, 0.15) is 5.56 Å². The number of cyclic esters (lactones) is 1. The van der Waals surface area contributed by atoms with E-state index in [0.29, 0.717) is 45.0 Å². The number of methoxy groups -OCH3 is 1. The monoisotopic (exact) mass is 320 g/mol. The third kappa shape index (κ3) is 3.33. The van der Waals surface area contributed by atoms with Gasteiger partial charge in [0.1, 0.15) is 13.2 Å². The summed E-state index contributed by atoms with van der Waals surface area (Å²) in [4.78, 5) is 25.2. The van der Waals surface area contributed by atoms with E-state index >= 15 is 0 Å². The van der Waals surface area contributed by atoms with Crippen LogP contribution < -0.4 is 14.8 Å². The molecule has 7 nitrogen and oxygen atoms in total. The molecule has 3 rings (SSSR count). The Morgan fingerprint density at radius 2 is 2.30 bits per heavy atom. The predicted octanol–water partition coefficient (Wildman–Crippen LogP) is 0.815. The minimum absolute atomic E-state index is 0.0639. The Labute approximate surface area is 134 Å². The van der Waals surface area contributed by atoms with Gasteiger partial charge in [0.2, 0.25) is 5.91 Å². The molecule has 0 spiro atoms. The smallest absolute Gasteiger partial charge is 0.409 e. The number of rotatable bonds is 5. The largest absolute Gasteiger partial charge is 0.493 e. The van der Waals surface area contributed by atoms with Gasteiger partial charge in [0.25, 0.3) is 0 Å². The number of benzene rings is 1. The first-order valence-electron chi connectivity index (χ1n) is 7.67. The number of nitrogens with one attached hydrogen (secondary N) is 1. The first kappa shape index (κ1) is 15.5. The number of ether oxygens (including phenoxy) is 3. The van der Waals surface area contributed by atoms with Crippen LogP contribution in [0.2, 0.25) is 0 Å². The number of amides is 2. The van der Waals surface area contributed by atoms with Crippen molar-refractivity contribution >= 4 is 12.0 Å². The van der Waals surface area contributed by atoms with Gasteiger partial charge in [-0.25, -0.2) is 4.79 Å². The van der Waals surface area contributed by atoms with Crippen LogP contribution in [0.5, 0.6) is 11.5 Å². The molecule has 1 unspecified atom stereocenters. The third-order valence-corrected chi connectivity index (χ3v) is 4.07. The Bertz CT molecular complexity index is 604. The third-order valence-electron chi connectivity index (χ3n) is 4.07. The summed E-state index contributed by atoms with van der Waals surface area (Å²) in [6.45, 7) is 2.19. The van der Waals surface area contributed by atoms with Crippen molar-refractivity contribution in [1.82, 2.24) is 10.2 Å². The first-order valence-corrected chi connectivity index (χ1v) is 7.67. The molecule has 1 aromatic rings. The highest BCUT2D eigenvalue weighted by Gasteiger charge is 2.28. The average molecular weight is 320 g/mol. The summed E-state index contributed by atoms with van der Waals surface area (Å²) in [5, 5.41) is 2.86. The van der Waals surface area contributed by atoms with Crippen LogP contribution >= 0.6 is 0 Å². The molecular formula is C16H20N2O5. The number of para-hydroxylation sites is 1. The van der Waals surface area contributed by atoms with Gasteiger partial charge in [-0.2, -0.15) is 0 Å². The van der Waals surface area contributed by atoms with E-state index in [1.54, 1.807) is 12.0 Å². The minimum atomic E-state index is -0.318. The molecule has 1 aromatic carbocycles. The van der Waals surface area contributed by atoms with Crippen LogP contribution in [-0.2, 0) is 16.0 Å². The fraction of sp³-hybridized carbons (Fsp3) is 0.500. The molecule has 0 aliphatic carbocycles. The predicted molar refractivity (Wildman–Crippen MR) is 81.6 cm³/mol. The van der Waals surface area contributed by atoms with Crippen molar-refractivity contribution < 1.29 is 23.8 Å². The van der Waals surface area contributed by atoms with Crippen LogP contribution in [0.3, 0.4) is 0 Å². The molecule has 0 radical (unpaired) electrons. The zero-order valence-corrected chi connectivity index (χ0v) is 13.0. The van der Waals surface area contributed by atoms with Gasteiger partial charge in [-0.3, -0.25) is 4.79 Å². The van der Waals surface area contributed by atoms with Gasteiger partial charge in [0.05, 0.1) is 19.6 Å². The second-order valence-electron chi connectivity index (χ2n) is 5.55. The molecule has 2 heterocycles. The molecule has 2 amide bonds. The highest BCUT2D eigenvalue weighted by atomic mass is 16.6. The Kier molecular flexibility index (Phi) is 4.55. The molecule has 1 N–H and O–H groups in total. The van der Waals surface area contributed by atoms with Crippen LogP contribution in [0.4, 0.5) is 4.79 Å². The lowest BCUT2D eigenvalue weighted by Gasteiger charge is -2.26. The molecule has 0 bridgehead atoms. The Morgan fingerprint density at radius 3 is 3.04 bits per heavy atom. The van der Waals surface area contributed by atoms with Gasteiger partial charge >= 0.3 is 6.09 Å². The van der Waals surface area contributed by atoms with E-state index in [4.69, 9.17) is 14.2 Å². The summed E-state index contributed by atoms with van der Waals surface area (Å²) in [6, 6.07) is 5.67. The number of hydrogen-bond acceptors (Lipinski definition) is 5. The van der Waals surface area contributed by atoms with Gasteiger partial charge in [0.15, 0.2) is 11.5 Å². The summed E-state index contributed by atoms with van der Waals surface area (Å²) < 4.78 is 15.8. The van der Waals surface area contributed by atoms with Gasteiger partial charge in [-0.1, -0.05) is 12.1 Å². The summed E-state index contributed by atoms with van der Waals surface area (Å²) in [5.74, 6) is 1.11. The molecule has 124 valence electrons. The maximum absolute atomic E-state index is 12.3. The molecular weight excluding hydrogens is 300 g/mol. The van der Waals surface area contributed by atoms with Crippen molar-refractivity contribution in [2.24, 2.45) is 5.92 Å². The van der Waals surface area contributed by atoms with Gasteiger partial charge < -0.3 is 24.4 Å². The highest BCUT2D eigenvalue weighted by Crippen LogP contribution is 2.35. The molecule has 0 aromatic heterocycles.